The summed E-state index contributed by atoms with van der Waals surface area (Å²) in [6.07, 6.45) is 3.90. The Morgan fingerprint density at radius 2 is 2.19 bits per heavy atom. The zero-order valence-corrected chi connectivity index (χ0v) is 14.6. The first-order valence-electron chi connectivity index (χ1n) is 9.10. The number of carbonyl (C=O) groups excluding carboxylic acids is 2. The van der Waals surface area contributed by atoms with Gasteiger partial charge in [0.05, 0.1) is 24.5 Å². The Labute approximate surface area is 155 Å². The molecule has 1 aromatic rings. The molecule has 4 atom stereocenters. The van der Waals surface area contributed by atoms with Crippen molar-refractivity contribution < 1.29 is 28.9 Å². The minimum Gasteiger partial charge on any atom is -0.454 e. The van der Waals surface area contributed by atoms with Crippen molar-refractivity contribution in [2.24, 2.45) is 11.8 Å². The monoisotopic (exact) mass is 372 g/mol. The minimum absolute atomic E-state index is 0.00890. The van der Waals surface area contributed by atoms with Gasteiger partial charge in [-0.3, -0.25) is 9.59 Å². The van der Waals surface area contributed by atoms with Gasteiger partial charge in [0.15, 0.2) is 11.5 Å². The zero-order valence-electron chi connectivity index (χ0n) is 14.6. The number of fused-ring (bicyclic) bond motifs is 2. The van der Waals surface area contributed by atoms with Crippen LogP contribution in [0.4, 0.5) is 5.69 Å². The summed E-state index contributed by atoms with van der Waals surface area (Å²) in [7, 11) is 0. The molecule has 142 valence electrons. The molecule has 0 radical (unpaired) electrons. The molecule has 8 heteroatoms. The molecule has 2 fully saturated rings. The minimum atomic E-state index is -0.767. The van der Waals surface area contributed by atoms with Crippen LogP contribution in [-0.2, 0) is 14.3 Å². The van der Waals surface area contributed by atoms with Crippen LogP contribution in [0, 0.1) is 11.8 Å². The van der Waals surface area contributed by atoms with E-state index in [0.717, 1.165) is 0 Å². The first-order chi connectivity index (χ1) is 13.1. The molecule has 1 aromatic carbocycles. The molecule has 0 saturated carbocycles. The highest BCUT2D eigenvalue weighted by Gasteiger charge is 2.67. The molecule has 0 aliphatic carbocycles. The highest BCUT2D eigenvalue weighted by molar-refractivity contribution is 6.03. The number of rotatable bonds is 5. The van der Waals surface area contributed by atoms with Crippen molar-refractivity contribution in [2.45, 2.75) is 18.1 Å². The van der Waals surface area contributed by atoms with Gasteiger partial charge in [-0.15, -0.1) is 0 Å². The van der Waals surface area contributed by atoms with Crippen LogP contribution in [0.5, 0.6) is 11.5 Å². The van der Waals surface area contributed by atoms with Crippen LogP contribution in [0.25, 0.3) is 0 Å². The van der Waals surface area contributed by atoms with Crippen LogP contribution in [-0.4, -0.2) is 55.1 Å². The molecular weight excluding hydrogens is 352 g/mol. The lowest BCUT2D eigenvalue weighted by molar-refractivity contribution is -0.131. The molecule has 2 saturated heterocycles. The number of carbonyl (C=O) groups is 2. The second-order valence-electron chi connectivity index (χ2n) is 7.23. The van der Waals surface area contributed by atoms with Gasteiger partial charge in [-0.2, -0.15) is 0 Å². The van der Waals surface area contributed by atoms with Crippen LogP contribution < -0.4 is 19.7 Å². The van der Waals surface area contributed by atoms with Crippen molar-refractivity contribution in [3.63, 3.8) is 0 Å². The summed E-state index contributed by atoms with van der Waals surface area (Å²) < 4.78 is 16.8. The van der Waals surface area contributed by atoms with Crippen molar-refractivity contribution >= 4 is 17.5 Å². The second kappa shape index (κ2) is 5.97. The van der Waals surface area contributed by atoms with Gasteiger partial charge in [-0.25, -0.2) is 0 Å². The molecule has 2 N–H and O–H groups in total. The molecular formula is C19H20N2O6. The third-order valence-electron chi connectivity index (χ3n) is 5.71. The lowest BCUT2D eigenvalue weighted by Gasteiger charge is -2.23. The number of benzene rings is 1. The Kier molecular flexibility index (Phi) is 3.66. The quantitative estimate of drug-likeness (QED) is 0.566. The van der Waals surface area contributed by atoms with Gasteiger partial charge in [0.25, 0.3) is 0 Å². The number of nitrogens with zero attached hydrogens (tertiary/aromatic N) is 1. The Hall–Kier alpha value is -2.58. The zero-order chi connectivity index (χ0) is 18.6. The number of aliphatic hydroxyl groups excluding tert-OH is 1. The number of amides is 2. The molecule has 27 heavy (non-hydrogen) atoms. The van der Waals surface area contributed by atoms with Gasteiger partial charge in [-0.05, 0) is 18.6 Å². The maximum atomic E-state index is 13.2. The number of anilines is 1. The first kappa shape index (κ1) is 16.6. The maximum Gasteiger partial charge on any atom is 0.234 e. The third-order valence-corrected chi connectivity index (χ3v) is 5.71. The van der Waals surface area contributed by atoms with E-state index in [-0.39, 0.29) is 31.3 Å². The normalized spacial score (nSPS) is 32.3. The van der Waals surface area contributed by atoms with Gasteiger partial charge in [0, 0.05) is 24.9 Å². The number of hydrogen-bond acceptors (Lipinski definition) is 6. The second-order valence-corrected chi connectivity index (χ2v) is 7.23. The smallest absolute Gasteiger partial charge is 0.234 e. The summed E-state index contributed by atoms with van der Waals surface area (Å²) in [5, 5.41) is 11.7. The van der Waals surface area contributed by atoms with Crippen molar-refractivity contribution in [1.82, 2.24) is 5.32 Å². The molecule has 3 unspecified atom stereocenters. The van der Waals surface area contributed by atoms with E-state index in [1.54, 1.807) is 17.0 Å². The van der Waals surface area contributed by atoms with Crippen molar-refractivity contribution in [3.05, 3.63) is 30.4 Å². The van der Waals surface area contributed by atoms with E-state index in [1.165, 1.54) is 0 Å². The lowest BCUT2D eigenvalue weighted by Crippen LogP contribution is -2.44. The van der Waals surface area contributed by atoms with Crippen LogP contribution in [0.1, 0.15) is 6.42 Å². The van der Waals surface area contributed by atoms with Crippen LogP contribution in [0.15, 0.2) is 30.4 Å². The molecule has 5 rings (SSSR count). The van der Waals surface area contributed by atoms with Crippen LogP contribution in [0.3, 0.4) is 0 Å². The molecule has 4 heterocycles. The lowest BCUT2D eigenvalue weighted by atomic mass is 9.77. The fraction of sp³-hybridized carbons (Fsp3) is 0.474. The van der Waals surface area contributed by atoms with Crippen LogP contribution in [0.2, 0.25) is 0 Å². The Bertz CT molecular complexity index is 839. The van der Waals surface area contributed by atoms with Crippen LogP contribution >= 0.6 is 0 Å². The van der Waals surface area contributed by atoms with Gasteiger partial charge in [-0.1, -0.05) is 12.2 Å². The average molecular weight is 372 g/mol. The SMILES string of the molecule is O=C(NCCCO)C1C2C=C[C@]3(CN(c4ccc5c(c4)OCO5)C(=O)C13)O2. The predicted molar refractivity (Wildman–Crippen MR) is 93.4 cm³/mol. The van der Waals surface area contributed by atoms with Crippen molar-refractivity contribution in [1.29, 1.82) is 0 Å². The van der Waals surface area contributed by atoms with Gasteiger partial charge in [0.1, 0.15) is 5.60 Å². The maximum absolute atomic E-state index is 13.2. The molecule has 4 aliphatic rings. The Morgan fingerprint density at radius 3 is 3.04 bits per heavy atom. The largest absolute Gasteiger partial charge is 0.454 e. The molecule has 4 aliphatic heterocycles. The standard InChI is InChI=1S/C19H20N2O6/c22-7-1-6-20-17(23)15-13-4-5-19(27-13)9-21(18(24)16(15)19)11-2-3-12-14(8-11)26-10-25-12/h2-5,8,13,15-16,22H,1,6-7,9-10H2,(H,20,23)/t13?,15?,16?,19-/m1/s1. The summed E-state index contributed by atoms with van der Waals surface area (Å²) in [5.41, 5.74) is -0.0650. The summed E-state index contributed by atoms with van der Waals surface area (Å²) in [6, 6.07) is 5.38. The van der Waals surface area contributed by atoms with E-state index in [4.69, 9.17) is 19.3 Å². The highest BCUT2D eigenvalue weighted by atomic mass is 16.7. The van der Waals surface area contributed by atoms with E-state index in [1.807, 2.05) is 18.2 Å². The van der Waals surface area contributed by atoms with E-state index in [2.05, 4.69) is 5.32 Å². The first-order valence-corrected chi connectivity index (χ1v) is 9.10. The van der Waals surface area contributed by atoms with Crippen molar-refractivity contribution in [2.75, 3.05) is 31.4 Å². The molecule has 0 aromatic heterocycles. The van der Waals surface area contributed by atoms with E-state index in [9.17, 15) is 9.59 Å². The highest BCUT2D eigenvalue weighted by Crippen LogP contribution is 2.53. The van der Waals surface area contributed by atoms with E-state index in [0.29, 0.717) is 36.7 Å². The number of nitrogens with one attached hydrogen (secondary N) is 1. The molecule has 2 bridgehead atoms. The number of ether oxygens (including phenoxy) is 3. The van der Waals surface area contributed by atoms with Gasteiger partial charge in [0.2, 0.25) is 18.6 Å². The molecule has 1 spiro atoms. The topological polar surface area (TPSA) is 97.3 Å². The number of hydrogen-bond donors (Lipinski definition) is 2. The van der Waals surface area contributed by atoms with E-state index < -0.39 is 17.4 Å². The van der Waals surface area contributed by atoms with Gasteiger partial charge < -0.3 is 29.5 Å². The fourth-order valence-corrected chi connectivity index (χ4v) is 4.48. The van der Waals surface area contributed by atoms with Crippen molar-refractivity contribution in [3.8, 4) is 11.5 Å². The number of aliphatic hydroxyl groups is 1. The predicted octanol–water partition coefficient (Wildman–Crippen LogP) is 0.200. The summed E-state index contributed by atoms with van der Waals surface area (Å²) in [4.78, 5) is 27.6. The Morgan fingerprint density at radius 1 is 1.33 bits per heavy atom. The molecule has 8 nitrogen and oxygen atoms in total. The molecule has 2 amide bonds. The average Bonchev–Trinajstić information content (AvgIpc) is 3.41. The summed E-state index contributed by atoms with van der Waals surface area (Å²) in [6.45, 7) is 0.920. The fourth-order valence-electron chi connectivity index (χ4n) is 4.48. The summed E-state index contributed by atoms with van der Waals surface area (Å²) >= 11 is 0. The third kappa shape index (κ3) is 2.36. The summed E-state index contributed by atoms with van der Waals surface area (Å²) in [5.74, 6) is -0.170. The van der Waals surface area contributed by atoms with Gasteiger partial charge >= 0.3 is 0 Å². The van der Waals surface area contributed by atoms with E-state index >= 15 is 0 Å². The Balaban J connectivity index is 1.42.